The van der Waals surface area contributed by atoms with Crippen LogP contribution < -0.4 is 0 Å². The molecule has 1 heteroatoms. The van der Waals surface area contributed by atoms with Gasteiger partial charge in [-0.05, 0) is 25.0 Å². The summed E-state index contributed by atoms with van der Waals surface area (Å²) in [5, 5.41) is 8.61. The summed E-state index contributed by atoms with van der Waals surface area (Å²) in [4.78, 5) is 0. The van der Waals surface area contributed by atoms with Gasteiger partial charge in [-0.2, -0.15) is 0 Å². The average Bonchev–Trinajstić information content (AvgIpc) is 2.34. The maximum Gasteiger partial charge on any atom is 0.0431 e. The van der Waals surface area contributed by atoms with E-state index in [2.05, 4.69) is 11.8 Å². The molecule has 0 aromatic heterocycles. The van der Waals surface area contributed by atoms with E-state index in [0.717, 1.165) is 24.8 Å². The lowest BCUT2D eigenvalue weighted by Gasteiger charge is -1.96. The Hall–Kier alpha value is -1.26. The molecule has 0 bridgehead atoms. The van der Waals surface area contributed by atoms with Gasteiger partial charge in [0.15, 0.2) is 0 Å². The Kier molecular flexibility index (Phi) is 7.21. The predicted molar refractivity (Wildman–Crippen MR) is 68.1 cm³/mol. The van der Waals surface area contributed by atoms with Crippen molar-refractivity contribution in [2.75, 3.05) is 6.61 Å². The predicted octanol–water partition coefficient (Wildman–Crippen LogP) is 3.37. The Morgan fingerprint density at radius 2 is 1.56 bits per heavy atom. The number of hydrogen-bond donors (Lipinski definition) is 1. The van der Waals surface area contributed by atoms with Gasteiger partial charge in [0, 0.05) is 18.6 Å². The van der Waals surface area contributed by atoms with Crippen LogP contribution in [0.2, 0.25) is 0 Å². The summed E-state index contributed by atoms with van der Waals surface area (Å²) in [6.07, 6.45) is 6.68. The molecule has 0 fully saturated rings. The third-order valence-corrected chi connectivity index (χ3v) is 2.47. The van der Waals surface area contributed by atoms with Crippen molar-refractivity contribution in [3.63, 3.8) is 0 Å². The van der Waals surface area contributed by atoms with Gasteiger partial charge < -0.3 is 5.11 Å². The molecule has 0 atom stereocenters. The molecule has 0 aliphatic rings. The zero-order valence-corrected chi connectivity index (χ0v) is 9.78. The summed E-state index contributed by atoms with van der Waals surface area (Å²) in [7, 11) is 0. The van der Waals surface area contributed by atoms with Crippen LogP contribution in [0.1, 0.15) is 44.1 Å². The lowest BCUT2D eigenvalue weighted by molar-refractivity contribution is 0.282. The zero-order valence-electron chi connectivity index (χ0n) is 9.78. The van der Waals surface area contributed by atoms with Gasteiger partial charge in [0.2, 0.25) is 0 Å². The quantitative estimate of drug-likeness (QED) is 0.571. The van der Waals surface area contributed by atoms with E-state index in [9.17, 15) is 0 Å². The molecule has 0 saturated heterocycles. The summed E-state index contributed by atoms with van der Waals surface area (Å²) in [5.41, 5.74) is 1.10. The number of benzene rings is 1. The minimum absolute atomic E-state index is 0.327. The highest BCUT2D eigenvalue weighted by atomic mass is 16.2. The van der Waals surface area contributed by atoms with Crippen LogP contribution in [0.25, 0.3) is 0 Å². The van der Waals surface area contributed by atoms with E-state index in [1.807, 2.05) is 30.3 Å². The molecule has 0 heterocycles. The third-order valence-electron chi connectivity index (χ3n) is 2.47. The van der Waals surface area contributed by atoms with Crippen LogP contribution in [-0.2, 0) is 0 Å². The highest BCUT2D eigenvalue weighted by Gasteiger charge is 1.88. The molecule has 1 nitrogen and oxygen atoms in total. The molecule has 0 radical (unpaired) electrons. The van der Waals surface area contributed by atoms with Crippen LogP contribution in [0, 0.1) is 11.8 Å². The van der Waals surface area contributed by atoms with Gasteiger partial charge in [-0.25, -0.2) is 0 Å². The zero-order chi connectivity index (χ0) is 11.5. The summed E-state index contributed by atoms with van der Waals surface area (Å²) in [6.45, 7) is 0.327. The molecule has 16 heavy (non-hydrogen) atoms. The first-order chi connectivity index (χ1) is 7.93. The topological polar surface area (TPSA) is 20.2 Å². The number of rotatable bonds is 6. The fourth-order valence-electron chi connectivity index (χ4n) is 1.54. The van der Waals surface area contributed by atoms with E-state index in [4.69, 9.17) is 5.11 Å². The summed E-state index contributed by atoms with van der Waals surface area (Å²) >= 11 is 0. The molecule has 0 spiro atoms. The molecule has 0 unspecified atom stereocenters. The third kappa shape index (κ3) is 6.27. The SMILES string of the molecule is OCCCCCCCC#Cc1ccccc1. The Morgan fingerprint density at radius 1 is 0.875 bits per heavy atom. The van der Waals surface area contributed by atoms with Gasteiger partial charge in [-0.15, -0.1) is 0 Å². The summed E-state index contributed by atoms with van der Waals surface area (Å²) in [6, 6.07) is 10.1. The number of hydrogen-bond acceptors (Lipinski definition) is 1. The first-order valence-electron chi connectivity index (χ1n) is 6.08. The van der Waals surface area contributed by atoms with Crippen molar-refractivity contribution in [3.8, 4) is 11.8 Å². The monoisotopic (exact) mass is 216 g/mol. The van der Waals surface area contributed by atoms with Crippen LogP contribution in [0.5, 0.6) is 0 Å². The molecule has 1 N–H and O–H groups in total. The molecule has 0 aliphatic carbocycles. The summed E-state index contributed by atoms with van der Waals surface area (Å²) in [5.74, 6) is 6.35. The van der Waals surface area contributed by atoms with Crippen LogP contribution in [0.15, 0.2) is 30.3 Å². The van der Waals surface area contributed by atoms with Crippen molar-refractivity contribution in [1.29, 1.82) is 0 Å². The molecule has 0 amide bonds. The van der Waals surface area contributed by atoms with Gasteiger partial charge in [0.25, 0.3) is 0 Å². The number of aliphatic hydroxyl groups excluding tert-OH is 1. The molecule has 1 aromatic carbocycles. The fourth-order valence-corrected chi connectivity index (χ4v) is 1.54. The number of unbranched alkanes of at least 4 members (excludes halogenated alkanes) is 5. The van der Waals surface area contributed by atoms with Gasteiger partial charge in [0.1, 0.15) is 0 Å². The number of aliphatic hydroxyl groups is 1. The maximum absolute atomic E-state index is 8.61. The largest absolute Gasteiger partial charge is 0.396 e. The molecular formula is C15H20O. The fraction of sp³-hybridized carbons (Fsp3) is 0.467. The van der Waals surface area contributed by atoms with E-state index >= 15 is 0 Å². The van der Waals surface area contributed by atoms with Crippen molar-refractivity contribution in [2.24, 2.45) is 0 Å². The molecule has 86 valence electrons. The van der Waals surface area contributed by atoms with Crippen LogP contribution in [0.3, 0.4) is 0 Å². The lowest BCUT2D eigenvalue weighted by atomic mass is 10.1. The van der Waals surface area contributed by atoms with Crippen LogP contribution in [-0.4, -0.2) is 11.7 Å². The summed E-state index contributed by atoms with van der Waals surface area (Å²) < 4.78 is 0. The second kappa shape index (κ2) is 9.00. The van der Waals surface area contributed by atoms with E-state index in [1.54, 1.807) is 0 Å². The van der Waals surface area contributed by atoms with Gasteiger partial charge in [-0.3, -0.25) is 0 Å². The van der Waals surface area contributed by atoms with Gasteiger partial charge in [0.05, 0.1) is 0 Å². The van der Waals surface area contributed by atoms with E-state index < -0.39 is 0 Å². The highest BCUT2D eigenvalue weighted by molar-refractivity contribution is 5.33. The molecule has 0 saturated carbocycles. The van der Waals surface area contributed by atoms with Gasteiger partial charge in [-0.1, -0.05) is 49.3 Å². The minimum atomic E-state index is 0.327. The Bertz CT molecular complexity index is 318. The van der Waals surface area contributed by atoms with Crippen molar-refractivity contribution < 1.29 is 5.11 Å². The smallest absolute Gasteiger partial charge is 0.0431 e. The van der Waals surface area contributed by atoms with E-state index in [1.165, 1.54) is 19.3 Å². The minimum Gasteiger partial charge on any atom is -0.396 e. The average molecular weight is 216 g/mol. The van der Waals surface area contributed by atoms with E-state index in [-0.39, 0.29) is 0 Å². The highest BCUT2D eigenvalue weighted by Crippen LogP contribution is 2.04. The van der Waals surface area contributed by atoms with E-state index in [0.29, 0.717) is 6.61 Å². The lowest BCUT2D eigenvalue weighted by Crippen LogP contribution is -1.83. The Balaban J connectivity index is 2.05. The Labute approximate surface area is 98.5 Å². The van der Waals surface area contributed by atoms with Crippen molar-refractivity contribution in [1.82, 2.24) is 0 Å². The van der Waals surface area contributed by atoms with Crippen LogP contribution in [0.4, 0.5) is 0 Å². The second-order valence-electron chi connectivity index (χ2n) is 3.91. The molecule has 1 aromatic rings. The second-order valence-corrected chi connectivity index (χ2v) is 3.91. The van der Waals surface area contributed by atoms with Crippen molar-refractivity contribution in [3.05, 3.63) is 35.9 Å². The van der Waals surface area contributed by atoms with Gasteiger partial charge >= 0.3 is 0 Å². The molecular weight excluding hydrogens is 196 g/mol. The molecule has 0 aliphatic heterocycles. The Morgan fingerprint density at radius 3 is 2.31 bits per heavy atom. The standard InChI is InChI=1S/C15H20O/c16-14-10-5-3-1-2-4-7-11-15-12-8-6-9-13-15/h6,8-9,12-13,16H,1-5,10,14H2. The maximum atomic E-state index is 8.61. The molecule has 1 rings (SSSR count). The first kappa shape index (κ1) is 12.8. The normalized spacial score (nSPS) is 9.56. The van der Waals surface area contributed by atoms with Crippen molar-refractivity contribution in [2.45, 2.75) is 38.5 Å². The first-order valence-corrected chi connectivity index (χ1v) is 6.08. The van der Waals surface area contributed by atoms with Crippen LogP contribution >= 0.6 is 0 Å². The van der Waals surface area contributed by atoms with Crippen molar-refractivity contribution >= 4 is 0 Å².